The summed E-state index contributed by atoms with van der Waals surface area (Å²) in [6, 6.07) is 7.20. The topological polar surface area (TPSA) is 12.0 Å². The van der Waals surface area contributed by atoms with Crippen molar-refractivity contribution in [3.8, 4) is 0 Å². The number of hydrogen-bond donors (Lipinski definition) is 1. The highest BCUT2D eigenvalue weighted by molar-refractivity contribution is 5.57. The molecular weight excluding hydrogens is 194 g/mol. The van der Waals surface area contributed by atoms with E-state index < -0.39 is 0 Å². The van der Waals surface area contributed by atoms with Crippen molar-refractivity contribution in [2.45, 2.75) is 52.5 Å². The Morgan fingerprint density at radius 2 is 2.12 bits per heavy atom. The van der Waals surface area contributed by atoms with Crippen molar-refractivity contribution in [2.24, 2.45) is 5.92 Å². The maximum atomic E-state index is 3.70. The molecule has 1 aromatic rings. The molecule has 0 saturated heterocycles. The van der Waals surface area contributed by atoms with E-state index in [0.717, 1.165) is 12.3 Å². The largest absolute Gasteiger partial charge is 0.382 e. The Labute approximate surface area is 99.3 Å². The normalized spacial score (nSPS) is 17.2. The average Bonchev–Trinajstić information content (AvgIpc) is 3.05. The van der Waals surface area contributed by atoms with Gasteiger partial charge in [-0.3, -0.25) is 0 Å². The quantitative estimate of drug-likeness (QED) is 0.781. The van der Waals surface area contributed by atoms with Gasteiger partial charge in [0.2, 0.25) is 0 Å². The van der Waals surface area contributed by atoms with Gasteiger partial charge >= 0.3 is 0 Å². The van der Waals surface area contributed by atoms with Gasteiger partial charge in [-0.25, -0.2) is 0 Å². The molecule has 1 atom stereocenters. The molecule has 1 aliphatic rings. The van der Waals surface area contributed by atoms with Gasteiger partial charge in [0.05, 0.1) is 0 Å². The predicted octanol–water partition coefficient (Wildman–Crippen LogP) is 4.16. The Morgan fingerprint density at radius 1 is 1.38 bits per heavy atom. The summed E-state index contributed by atoms with van der Waals surface area (Å²) in [5, 5.41) is 3.70. The Kier molecular flexibility index (Phi) is 3.52. The van der Waals surface area contributed by atoms with Gasteiger partial charge in [-0.15, -0.1) is 0 Å². The van der Waals surface area contributed by atoms with E-state index in [1.54, 1.807) is 0 Å². The molecule has 2 rings (SSSR count). The van der Waals surface area contributed by atoms with Gasteiger partial charge in [0, 0.05) is 11.7 Å². The van der Waals surface area contributed by atoms with E-state index in [2.05, 4.69) is 44.3 Å². The van der Waals surface area contributed by atoms with E-state index >= 15 is 0 Å². The van der Waals surface area contributed by atoms with Crippen LogP contribution in [0.15, 0.2) is 18.2 Å². The van der Waals surface area contributed by atoms with Crippen molar-refractivity contribution in [3.63, 3.8) is 0 Å². The van der Waals surface area contributed by atoms with Gasteiger partial charge < -0.3 is 5.32 Å². The molecule has 0 amide bonds. The average molecular weight is 217 g/mol. The molecule has 88 valence electrons. The second kappa shape index (κ2) is 4.90. The lowest BCUT2D eigenvalue weighted by atomic mass is 10.0. The third-order valence-corrected chi connectivity index (χ3v) is 3.51. The first-order valence-corrected chi connectivity index (χ1v) is 6.55. The molecule has 0 aliphatic heterocycles. The van der Waals surface area contributed by atoms with E-state index in [0.29, 0.717) is 6.04 Å². The summed E-state index contributed by atoms with van der Waals surface area (Å²) < 4.78 is 0. The molecule has 1 saturated carbocycles. The second-order valence-corrected chi connectivity index (χ2v) is 5.19. The zero-order chi connectivity index (χ0) is 11.5. The minimum atomic E-state index is 0.610. The second-order valence-electron chi connectivity index (χ2n) is 5.19. The van der Waals surface area contributed by atoms with Crippen LogP contribution < -0.4 is 5.32 Å². The molecule has 1 aliphatic carbocycles. The molecule has 0 spiro atoms. The first kappa shape index (κ1) is 11.5. The molecule has 1 heteroatoms. The van der Waals surface area contributed by atoms with E-state index in [1.807, 2.05) is 0 Å². The van der Waals surface area contributed by atoms with Crippen LogP contribution in [0.1, 0.15) is 44.2 Å². The number of para-hydroxylation sites is 1. The van der Waals surface area contributed by atoms with Crippen LogP contribution in [0.3, 0.4) is 0 Å². The lowest BCUT2D eigenvalue weighted by Crippen LogP contribution is -2.17. The van der Waals surface area contributed by atoms with Crippen LogP contribution in [0.4, 0.5) is 5.69 Å². The standard InChI is InChI=1S/C15H23N/c1-4-14-7-5-6-11(2)15(14)16-12(3)10-13-8-9-13/h5-7,12-13,16H,4,8-10H2,1-3H3. The van der Waals surface area contributed by atoms with Crippen molar-refractivity contribution in [2.75, 3.05) is 5.32 Å². The first-order chi connectivity index (χ1) is 7.70. The number of rotatable bonds is 5. The van der Waals surface area contributed by atoms with Crippen molar-refractivity contribution >= 4 is 5.69 Å². The zero-order valence-electron chi connectivity index (χ0n) is 10.7. The van der Waals surface area contributed by atoms with Crippen LogP contribution in [0.5, 0.6) is 0 Å². The number of nitrogens with one attached hydrogen (secondary N) is 1. The first-order valence-electron chi connectivity index (χ1n) is 6.55. The number of hydrogen-bond acceptors (Lipinski definition) is 1. The van der Waals surface area contributed by atoms with Crippen molar-refractivity contribution in [1.29, 1.82) is 0 Å². The summed E-state index contributed by atoms with van der Waals surface area (Å²) in [4.78, 5) is 0. The van der Waals surface area contributed by atoms with E-state index in [1.165, 1.54) is 36.1 Å². The van der Waals surface area contributed by atoms with Crippen molar-refractivity contribution in [3.05, 3.63) is 29.3 Å². The van der Waals surface area contributed by atoms with Crippen molar-refractivity contribution in [1.82, 2.24) is 0 Å². The Hall–Kier alpha value is -0.980. The lowest BCUT2D eigenvalue weighted by Gasteiger charge is -2.19. The summed E-state index contributed by atoms with van der Waals surface area (Å²) >= 11 is 0. The maximum absolute atomic E-state index is 3.70. The molecule has 1 fully saturated rings. The van der Waals surface area contributed by atoms with Crippen molar-refractivity contribution < 1.29 is 0 Å². The maximum Gasteiger partial charge on any atom is 0.0404 e. The fourth-order valence-electron chi connectivity index (χ4n) is 2.39. The molecule has 1 aromatic carbocycles. The fourth-order valence-corrected chi connectivity index (χ4v) is 2.39. The summed E-state index contributed by atoms with van der Waals surface area (Å²) in [5.74, 6) is 0.997. The molecular formula is C15H23N. The Bertz CT molecular complexity index is 352. The van der Waals surface area contributed by atoms with E-state index in [9.17, 15) is 0 Å². The minimum Gasteiger partial charge on any atom is -0.382 e. The predicted molar refractivity (Wildman–Crippen MR) is 71.0 cm³/mol. The van der Waals surface area contributed by atoms with Gasteiger partial charge in [0.15, 0.2) is 0 Å². The van der Waals surface area contributed by atoms with E-state index in [-0.39, 0.29) is 0 Å². The number of anilines is 1. The smallest absolute Gasteiger partial charge is 0.0404 e. The van der Waals surface area contributed by atoms with Gasteiger partial charge in [-0.05, 0) is 43.7 Å². The fraction of sp³-hybridized carbons (Fsp3) is 0.600. The molecule has 0 radical (unpaired) electrons. The van der Waals surface area contributed by atoms with Gasteiger partial charge in [0.1, 0.15) is 0 Å². The molecule has 1 nitrogen and oxygen atoms in total. The van der Waals surface area contributed by atoms with Gasteiger partial charge in [0.25, 0.3) is 0 Å². The Morgan fingerprint density at radius 3 is 2.75 bits per heavy atom. The summed E-state index contributed by atoms with van der Waals surface area (Å²) in [7, 11) is 0. The molecule has 1 unspecified atom stereocenters. The zero-order valence-corrected chi connectivity index (χ0v) is 10.7. The van der Waals surface area contributed by atoms with Crippen LogP contribution in [0, 0.1) is 12.8 Å². The molecule has 0 bridgehead atoms. The third kappa shape index (κ3) is 2.78. The van der Waals surface area contributed by atoms with Crippen LogP contribution in [-0.2, 0) is 6.42 Å². The highest BCUT2D eigenvalue weighted by Gasteiger charge is 2.23. The lowest BCUT2D eigenvalue weighted by molar-refractivity contribution is 0.641. The molecule has 0 aromatic heterocycles. The number of aryl methyl sites for hydroxylation is 2. The van der Waals surface area contributed by atoms with Gasteiger partial charge in [-0.1, -0.05) is 38.0 Å². The summed E-state index contributed by atoms with van der Waals surface area (Å²) in [5.41, 5.74) is 4.20. The van der Waals surface area contributed by atoms with Crippen LogP contribution >= 0.6 is 0 Å². The molecule has 1 N–H and O–H groups in total. The third-order valence-electron chi connectivity index (χ3n) is 3.51. The summed E-state index contributed by atoms with van der Waals surface area (Å²) in [6.07, 6.45) is 5.33. The summed E-state index contributed by atoms with van der Waals surface area (Å²) in [6.45, 7) is 6.74. The Balaban J connectivity index is 2.06. The van der Waals surface area contributed by atoms with Crippen LogP contribution in [0.25, 0.3) is 0 Å². The van der Waals surface area contributed by atoms with Crippen LogP contribution in [-0.4, -0.2) is 6.04 Å². The molecule has 0 heterocycles. The van der Waals surface area contributed by atoms with Crippen LogP contribution in [0.2, 0.25) is 0 Å². The number of benzene rings is 1. The van der Waals surface area contributed by atoms with E-state index in [4.69, 9.17) is 0 Å². The molecule has 16 heavy (non-hydrogen) atoms. The highest BCUT2D eigenvalue weighted by atomic mass is 14.9. The monoisotopic (exact) mass is 217 g/mol. The minimum absolute atomic E-state index is 0.610. The highest BCUT2D eigenvalue weighted by Crippen LogP contribution is 2.34. The SMILES string of the molecule is CCc1cccc(C)c1NC(C)CC1CC1. The van der Waals surface area contributed by atoms with Gasteiger partial charge in [-0.2, -0.15) is 0 Å².